The van der Waals surface area contributed by atoms with Gasteiger partial charge in [0.1, 0.15) is 0 Å². The van der Waals surface area contributed by atoms with Gasteiger partial charge in [-0.15, -0.1) is 0 Å². The van der Waals surface area contributed by atoms with Gasteiger partial charge in [-0.2, -0.15) is 0 Å². The molecule has 2 aliphatic rings. The van der Waals surface area contributed by atoms with Crippen molar-refractivity contribution in [3.63, 3.8) is 0 Å². The first-order chi connectivity index (χ1) is 4.97. The van der Waals surface area contributed by atoms with Crippen LogP contribution in [0.1, 0.15) is 0 Å². The molecule has 0 N–H and O–H groups in total. The highest BCUT2D eigenvalue weighted by molar-refractivity contribution is 8.06. The van der Waals surface area contributed by atoms with Crippen LogP contribution in [0.25, 0.3) is 0 Å². The maximum absolute atomic E-state index is 1.56. The monoisotopic (exact) mass is 118 g/mol. The molecule has 0 radical (unpaired) electrons. The second-order valence-corrected chi connectivity index (χ2v) is 4.09. The van der Waals surface area contributed by atoms with Crippen molar-refractivity contribution in [1.29, 1.82) is 0 Å². The van der Waals surface area contributed by atoms with Gasteiger partial charge in [-0.1, -0.05) is 0 Å². The van der Waals surface area contributed by atoms with Crippen molar-refractivity contribution >= 4 is 69.3 Å². The van der Waals surface area contributed by atoms with E-state index in [-0.39, 0.29) is 0 Å². The number of hydrogen-bond acceptors (Lipinski definition) is 0. The van der Waals surface area contributed by atoms with Gasteiger partial charge in [-0.25, -0.2) is 0 Å². The predicted octanol–water partition coefficient (Wildman–Crippen LogP) is -5.95. The van der Waals surface area contributed by atoms with Gasteiger partial charge < -0.3 is 0 Å². The average molecular weight is 116 g/mol. The average Bonchev–Trinajstić information content (AvgIpc) is 2.59. The third-order valence-electron chi connectivity index (χ3n) is 3.47. The van der Waals surface area contributed by atoms with Gasteiger partial charge in [0.2, 0.25) is 0 Å². The maximum Gasteiger partial charge on any atom is 0.0375 e. The Morgan fingerprint density at radius 3 is 1.10 bits per heavy atom. The molecule has 10 heavy (non-hydrogen) atoms. The highest BCUT2D eigenvalue weighted by Gasteiger charge is 2.33. The zero-order chi connectivity index (χ0) is 6.81. The molecule has 2 saturated heterocycles. The van der Waals surface area contributed by atoms with Crippen molar-refractivity contribution in [3.8, 4) is 0 Å². The van der Waals surface area contributed by atoms with Crippen LogP contribution < -0.4 is 0 Å². The fraction of sp³-hybridized carbons (Fsp3) is 0. The lowest BCUT2D eigenvalue weighted by atomic mass is 8.70. The third kappa shape index (κ3) is 1.46. The Morgan fingerprint density at radius 2 is 0.800 bits per heavy atom. The Bertz CT molecular complexity index is 80.6. The zero-order valence-electron chi connectivity index (χ0n) is 6.81. The molecule has 0 aromatic carbocycles. The second-order valence-electron chi connectivity index (χ2n) is 4.09. The second kappa shape index (κ2) is 3.36. The first kappa shape index (κ1) is 7.31. The molecular formula is H8B10. The molecule has 0 aromatic heterocycles. The predicted molar refractivity (Wildman–Crippen MR) is 68.7 cm³/mol. The van der Waals surface area contributed by atoms with E-state index in [1.807, 2.05) is 0 Å². The maximum atomic E-state index is 1.56. The standard InChI is InChI=1S/B10H8/c1-2-6-9(5-1)10-7-3-4-8-10/h1-8H. The summed E-state index contributed by atoms with van der Waals surface area (Å²) in [6.07, 6.45) is 2.31. The third-order valence-corrected chi connectivity index (χ3v) is 3.47. The summed E-state index contributed by atoms with van der Waals surface area (Å²) in [5.41, 5.74) is 0. The number of rotatable bonds is 1. The lowest BCUT2D eigenvalue weighted by Gasteiger charge is -2.09. The van der Waals surface area contributed by atoms with E-state index in [2.05, 4.69) is 0 Å². The molecule has 0 aliphatic carbocycles. The molecule has 0 unspecified atom stereocenters. The SMILES string of the molecule is B1BBB(B2BBBB2)B1. The minimum absolute atomic E-state index is 1.16. The largest absolute Gasteiger partial charge is 0.0375 e. The fourth-order valence-electron chi connectivity index (χ4n) is 2.86. The molecule has 2 fully saturated rings. The molecule has 0 amide bonds. The summed E-state index contributed by atoms with van der Waals surface area (Å²) in [7, 11) is 12.4. The van der Waals surface area contributed by atoms with Gasteiger partial charge in [-0.3, -0.25) is 0 Å². The van der Waals surface area contributed by atoms with Gasteiger partial charge >= 0.3 is 0 Å². The zero-order valence-corrected chi connectivity index (χ0v) is 6.81. The minimum atomic E-state index is 1.16. The van der Waals surface area contributed by atoms with Gasteiger partial charge in [0, 0.05) is 69.3 Å². The van der Waals surface area contributed by atoms with Gasteiger partial charge in [0.05, 0.1) is 0 Å². The molecule has 0 spiro atoms. The molecule has 0 aromatic rings. The highest BCUT2D eigenvalue weighted by Crippen LogP contribution is 1.93. The highest BCUT2D eigenvalue weighted by atomic mass is 13.1. The molecule has 2 rings (SSSR count). The van der Waals surface area contributed by atoms with Crippen molar-refractivity contribution in [2.75, 3.05) is 0 Å². The van der Waals surface area contributed by atoms with Gasteiger partial charge in [0.15, 0.2) is 0 Å². The van der Waals surface area contributed by atoms with E-state index >= 15 is 0 Å². The summed E-state index contributed by atoms with van der Waals surface area (Å²) < 4.78 is 0. The molecule has 2 heterocycles. The number of hydrogen-bond donors (Lipinski definition) is 0. The van der Waals surface area contributed by atoms with E-state index in [0.717, 1.165) is 12.8 Å². The van der Waals surface area contributed by atoms with Crippen molar-refractivity contribution in [2.24, 2.45) is 0 Å². The lowest BCUT2D eigenvalue weighted by molar-refractivity contribution is 3.64. The van der Waals surface area contributed by atoms with Crippen LogP contribution in [0.3, 0.4) is 0 Å². The topological polar surface area (TPSA) is 0 Å². The molecular weight excluding hydrogens is 108 g/mol. The Balaban J connectivity index is 1.85. The lowest BCUT2D eigenvalue weighted by Crippen LogP contribution is -2.49. The molecule has 38 valence electrons. The van der Waals surface area contributed by atoms with E-state index in [1.54, 1.807) is 28.2 Å². The normalized spacial score (nSPS) is 20.0. The summed E-state index contributed by atoms with van der Waals surface area (Å²) >= 11 is 0. The summed E-state index contributed by atoms with van der Waals surface area (Å²) in [5, 5.41) is 0. The molecule has 0 nitrogen and oxygen atoms in total. The minimum Gasteiger partial charge on any atom is 0.0115 e. The van der Waals surface area contributed by atoms with Crippen LogP contribution in [-0.2, 0) is 0 Å². The van der Waals surface area contributed by atoms with E-state index < -0.39 is 0 Å². The van der Waals surface area contributed by atoms with Gasteiger partial charge in [0.25, 0.3) is 0 Å². The van der Waals surface area contributed by atoms with Crippen LogP contribution in [0.5, 0.6) is 0 Å². The van der Waals surface area contributed by atoms with Crippen molar-refractivity contribution in [3.05, 3.63) is 0 Å². The smallest absolute Gasteiger partial charge is 0.0115 e. The van der Waals surface area contributed by atoms with Crippen LogP contribution in [0.2, 0.25) is 0 Å². The van der Waals surface area contributed by atoms with Crippen LogP contribution in [0.15, 0.2) is 0 Å². The Labute approximate surface area is 69.7 Å². The molecule has 0 bridgehead atoms. The van der Waals surface area contributed by atoms with E-state index in [1.165, 1.54) is 28.2 Å². The van der Waals surface area contributed by atoms with E-state index in [4.69, 9.17) is 0 Å². The van der Waals surface area contributed by atoms with Crippen LogP contribution in [0.4, 0.5) is 0 Å². The molecule has 0 atom stereocenters. The van der Waals surface area contributed by atoms with E-state index in [0.29, 0.717) is 0 Å². The van der Waals surface area contributed by atoms with Crippen LogP contribution in [0, 0.1) is 0 Å². The Morgan fingerprint density at radius 1 is 0.500 bits per heavy atom. The van der Waals surface area contributed by atoms with Crippen LogP contribution >= 0.6 is 0 Å². The molecule has 10 heteroatoms. The van der Waals surface area contributed by atoms with Crippen molar-refractivity contribution in [1.82, 2.24) is 0 Å². The van der Waals surface area contributed by atoms with Crippen molar-refractivity contribution < 1.29 is 0 Å². The Hall–Kier alpha value is 0.649. The quantitative estimate of drug-likeness (QED) is 0.299. The van der Waals surface area contributed by atoms with Crippen molar-refractivity contribution in [2.45, 2.75) is 0 Å². The van der Waals surface area contributed by atoms with Crippen LogP contribution in [-0.4, -0.2) is 69.3 Å². The van der Waals surface area contributed by atoms with E-state index in [9.17, 15) is 0 Å². The fourth-order valence-corrected chi connectivity index (χ4v) is 2.86. The summed E-state index contributed by atoms with van der Waals surface area (Å²) in [5.74, 6) is 0. The molecule has 2 aliphatic heterocycles. The van der Waals surface area contributed by atoms with Gasteiger partial charge in [-0.05, 0) is 0 Å². The first-order valence-electron chi connectivity index (χ1n) is 4.97. The molecule has 0 saturated carbocycles. The summed E-state index contributed by atoms with van der Waals surface area (Å²) in [6.45, 7) is 0. The first-order valence-corrected chi connectivity index (χ1v) is 4.97. The summed E-state index contributed by atoms with van der Waals surface area (Å²) in [4.78, 5) is 0. The summed E-state index contributed by atoms with van der Waals surface area (Å²) in [6, 6.07) is 0. The Kier molecular flexibility index (Phi) is 2.46.